The van der Waals surface area contributed by atoms with E-state index in [1.807, 2.05) is 59.3 Å². The average molecular weight is 760 g/mol. The molecule has 1 N–H and O–H groups in total. The third-order valence-electron chi connectivity index (χ3n) is 6.82. The van der Waals surface area contributed by atoms with Gasteiger partial charge in [-0.25, -0.2) is 9.97 Å². The van der Waals surface area contributed by atoms with Crippen molar-refractivity contribution in [3.8, 4) is 28.7 Å². The van der Waals surface area contributed by atoms with Crippen LogP contribution in [0.4, 0.5) is 0 Å². The molecule has 8 nitrogen and oxygen atoms in total. The van der Waals surface area contributed by atoms with Crippen molar-refractivity contribution in [1.82, 2.24) is 29.3 Å². The summed E-state index contributed by atoms with van der Waals surface area (Å²) in [6.45, 7) is 1.65. The summed E-state index contributed by atoms with van der Waals surface area (Å²) in [5.74, 6) is 3.50. The van der Waals surface area contributed by atoms with Gasteiger partial charge in [0, 0.05) is 69.0 Å². The van der Waals surface area contributed by atoms with Crippen LogP contribution in [-0.2, 0) is 13.1 Å². The van der Waals surface area contributed by atoms with Crippen LogP contribution < -0.4 is 9.47 Å². The van der Waals surface area contributed by atoms with Gasteiger partial charge in [-0.3, -0.25) is 0 Å². The molecule has 0 atom stereocenters. The van der Waals surface area contributed by atoms with E-state index in [-0.39, 0.29) is 0 Å². The van der Waals surface area contributed by atoms with Gasteiger partial charge in [0.2, 0.25) is 0 Å². The van der Waals surface area contributed by atoms with Crippen LogP contribution in [0.5, 0.6) is 23.0 Å². The topological polar surface area (TPSA) is 71.4 Å². The third kappa shape index (κ3) is 12.8. The van der Waals surface area contributed by atoms with Gasteiger partial charge >= 0.3 is 0 Å². The fourth-order valence-electron chi connectivity index (χ4n) is 4.57. The number of aromatic nitrogens is 4. The van der Waals surface area contributed by atoms with Crippen molar-refractivity contribution in [2.24, 2.45) is 0 Å². The van der Waals surface area contributed by atoms with Gasteiger partial charge in [0.15, 0.2) is 0 Å². The predicted octanol–water partition coefficient (Wildman–Crippen LogP) is 9.88. The predicted molar refractivity (Wildman–Crippen MR) is 208 cm³/mol. The lowest BCUT2D eigenvalue weighted by Crippen LogP contribution is -2.12. The zero-order chi connectivity index (χ0) is 35.0. The smallest absolute Gasteiger partial charge is 0.132 e. The molecule has 0 aliphatic carbocycles. The van der Waals surface area contributed by atoms with E-state index >= 15 is 0 Å². The van der Waals surface area contributed by atoms with Gasteiger partial charge in [-0.2, -0.15) is 0 Å². The van der Waals surface area contributed by atoms with Gasteiger partial charge < -0.3 is 28.8 Å². The van der Waals surface area contributed by atoms with Crippen LogP contribution in [-0.4, -0.2) is 70.0 Å². The second-order valence-corrected chi connectivity index (χ2v) is 14.0. The van der Waals surface area contributed by atoms with Crippen LogP contribution in [0.15, 0.2) is 137 Å². The summed E-state index contributed by atoms with van der Waals surface area (Å²) in [5.41, 5.74) is 3.38. The molecular weight excluding hydrogens is 716 g/mol. The number of hydrogen-bond donors (Lipinski definition) is 1. The highest BCUT2D eigenvalue weighted by Crippen LogP contribution is 2.31. The van der Waals surface area contributed by atoms with E-state index in [1.165, 1.54) is 15.4 Å². The van der Waals surface area contributed by atoms with Gasteiger partial charge in [0.05, 0.1) is 12.7 Å². The fourth-order valence-corrected chi connectivity index (χ4v) is 5.80. The van der Waals surface area contributed by atoms with Crippen molar-refractivity contribution in [3.63, 3.8) is 0 Å². The van der Waals surface area contributed by atoms with Gasteiger partial charge in [0.25, 0.3) is 0 Å². The first kappa shape index (κ1) is 37.8. The Hall–Kier alpha value is -4.00. The molecule has 6 aromatic rings. The molecule has 0 bridgehead atoms. The lowest BCUT2D eigenvalue weighted by atomic mass is 10.1. The fraction of sp³-hybridized carbons (Fsp3) is 0.211. The molecule has 2 aromatic heterocycles. The molecule has 6 rings (SSSR count). The molecule has 256 valence electrons. The Kier molecular flexibility index (Phi) is 15.3. The first-order valence-electron chi connectivity index (χ1n) is 15.5. The zero-order valence-corrected chi connectivity index (χ0v) is 31.9. The van der Waals surface area contributed by atoms with Crippen LogP contribution in [0.1, 0.15) is 11.1 Å². The van der Waals surface area contributed by atoms with Crippen LogP contribution in [0.2, 0.25) is 0 Å². The summed E-state index contributed by atoms with van der Waals surface area (Å²) in [5, 5.41) is 0. The molecule has 0 amide bonds. The molecule has 0 saturated heterocycles. The molecule has 0 aliphatic heterocycles. The van der Waals surface area contributed by atoms with Gasteiger partial charge in [-0.15, -0.1) is 23.5 Å². The number of hydrogen-bond acceptors (Lipinski definition) is 8. The molecule has 0 radical (unpaired) electrons. The van der Waals surface area contributed by atoms with E-state index < -0.39 is 0 Å². The number of rotatable bonds is 11. The summed E-state index contributed by atoms with van der Waals surface area (Å²) >= 11 is 6.97. The summed E-state index contributed by atoms with van der Waals surface area (Å²) < 4.78 is 15.2. The van der Waals surface area contributed by atoms with Crippen LogP contribution >= 0.6 is 39.5 Å². The number of halogens is 1. The Bertz CT molecular complexity index is 1780. The standard InChI is InChI=1S/C19H21N3OS.C16H18BrNOS.C3H4N2/c1-21(2)13-15-12-16(22-11-10-20-14-22)4-9-19(15)23-17-5-7-18(24-3)8-6-17;1-18(2)11-12-10-13(17)4-9-16(12)19-14-5-7-15(20-3)8-6-14;1-2-5-3-4-1/h4-12,14H,13H2,1-3H3;4-10H,11H2,1-3H3;1-3H,(H,4,5). The number of nitrogens with zero attached hydrogens (tertiary/aromatic N) is 5. The Morgan fingerprint density at radius 2 is 1.24 bits per heavy atom. The average Bonchev–Trinajstić information content (AvgIpc) is 3.86. The summed E-state index contributed by atoms with van der Waals surface area (Å²) in [4.78, 5) is 17.3. The number of H-pyrrole nitrogens is 1. The van der Waals surface area contributed by atoms with Crippen LogP contribution in [0.25, 0.3) is 5.69 Å². The molecule has 0 aliphatic rings. The van der Waals surface area contributed by atoms with E-state index in [9.17, 15) is 0 Å². The van der Waals surface area contributed by atoms with E-state index in [4.69, 9.17) is 9.47 Å². The van der Waals surface area contributed by atoms with Crippen molar-refractivity contribution in [2.75, 3.05) is 40.7 Å². The second kappa shape index (κ2) is 19.9. The molecular formula is C38H43BrN6O2S2. The number of aromatic amines is 1. The van der Waals surface area contributed by atoms with Gasteiger partial charge in [-0.1, -0.05) is 15.9 Å². The van der Waals surface area contributed by atoms with Crippen molar-refractivity contribution < 1.29 is 9.47 Å². The number of nitrogens with one attached hydrogen (secondary N) is 1. The lowest BCUT2D eigenvalue weighted by molar-refractivity contribution is 0.388. The molecule has 49 heavy (non-hydrogen) atoms. The summed E-state index contributed by atoms with van der Waals surface area (Å²) in [6, 6.07) is 28.7. The second-order valence-electron chi connectivity index (χ2n) is 11.3. The molecule has 0 unspecified atom stereocenters. The summed E-state index contributed by atoms with van der Waals surface area (Å²) in [7, 11) is 8.22. The SMILES string of the molecule is CSc1ccc(Oc2ccc(-n3ccnc3)cc2CN(C)C)cc1.CSc1ccc(Oc2ccc(Br)cc2CN(C)C)cc1.c1c[nH]cn1. The van der Waals surface area contributed by atoms with Crippen molar-refractivity contribution in [1.29, 1.82) is 0 Å². The lowest BCUT2D eigenvalue weighted by Gasteiger charge is -2.16. The normalized spacial score (nSPS) is 10.6. The van der Waals surface area contributed by atoms with Crippen molar-refractivity contribution in [3.05, 3.63) is 138 Å². The van der Waals surface area contributed by atoms with E-state index in [0.29, 0.717) is 0 Å². The molecule has 2 heterocycles. The largest absolute Gasteiger partial charge is 0.457 e. The highest BCUT2D eigenvalue weighted by Gasteiger charge is 2.10. The Morgan fingerprint density at radius 1 is 0.694 bits per heavy atom. The van der Waals surface area contributed by atoms with Crippen molar-refractivity contribution in [2.45, 2.75) is 22.9 Å². The van der Waals surface area contributed by atoms with Gasteiger partial charge in [0.1, 0.15) is 23.0 Å². The highest BCUT2D eigenvalue weighted by atomic mass is 79.9. The molecule has 0 spiro atoms. The first-order chi connectivity index (χ1) is 23.7. The van der Waals surface area contributed by atoms with Crippen molar-refractivity contribution >= 4 is 39.5 Å². The minimum Gasteiger partial charge on any atom is -0.457 e. The molecule has 0 fully saturated rings. The monoisotopic (exact) mass is 758 g/mol. The quantitative estimate of drug-likeness (QED) is 0.131. The highest BCUT2D eigenvalue weighted by molar-refractivity contribution is 9.10. The maximum absolute atomic E-state index is 6.12. The molecule has 11 heteroatoms. The Balaban J connectivity index is 0.000000195. The molecule has 4 aromatic carbocycles. The Morgan fingerprint density at radius 3 is 1.67 bits per heavy atom. The van der Waals surface area contributed by atoms with Crippen LogP contribution in [0.3, 0.4) is 0 Å². The number of thioether (sulfide) groups is 2. The summed E-state index contributed by atoms with van der Waals surface area (Å²) in [6.07, 6.45) is 14.7. The minimum atomic E-state index is 0.806. The van der Waals surface area contributed by atoms with E-state index in [1.54, 1.807) is 54.8 Å². The van der Waals surface area contributed by atoms with Gasteiger partial charge in [-0.05, 0) is 126 Å². The van der Waals surface area contributed by atoms with E-state index in [2.05, 4.69) is 118 Å². The maximum atomic E-state index is 6.12. The number of benzene rings is 4. The first-order valence-corrected chi connectivity index (χ1v) is 18.7. The van der Waals surface area contributed by atoms with Crippen LogP contribution in [0, 0.1) is 0 Å². The maximum Gasteiger partial charge on any atom is 0.132 e. The minimum absolute atomic E-state index is 0.806. The zero-order valence-electron chi connectivity index (χ0n) is 28.7. The van der Waals surface area contributed by atoms with E-state index in [0.717, 1.165) is 51.8 Å². The third-order valence-corrected chi connectivity index (χ3v) is 8.80. The number of imidazole rings is 2. The Labute approximate surface area is 307 Å². The number of ether oxygens (including phenoxy) is 2. The molecule has 0 saturated carbocycles.